The standard InChI is InChI=1S/C22H24FN.ClH/c1-14-19-10-9-18(23)11-17(19)12-21-16(13-24(2)3)8-7-15-5-4-6-20(14)22(15)21;/h4-6,9-11,16,21H,1,7-8,12-13H2,2-3H3;1H. The maximum atomic E-state index is 13.9. The van der Waals surface area contributed by atoms with E-state index in [-0.39, 0.29) is 18.2 Å². The van der Waals surface area contributed by atoms with E-state index < -0.39 is 0 Å². The summed E-state index contributed by atoms with van der Waals surface area (Å²) in [5.41, 5.74) is 7.47. The van der Waals surface area contributed by atoms with Gasteiger partial charge in [0, 0.05) is 6.54 Å². The fraction of sp³-hybridized carbons (Fsp3) is 0.364. The molecule has 0 N–H and O–H groups in total. The first-order chi connectivity index (χ1) is 11.5. The van der Waals surface area contributed by atoms with Gasteiger partial charge in [0.25, 0.3) is 0 Å². The fourth-order valence-electron chi connectivity index (χ4n) is 4.67. The summed E-state index contributed by atoms with van der Waals surface area (Å²) in [7, 11) is 4.29. The Balaban J connectivity index is 0.00000182. The van der Waals surface area contributed by atoms with Crippen LogP contribution in [0, 0.1) is 11.7 Å². The molecule has 0 fully saturated rings. The number of hydrogen-bond donors (Lipinski definition) is 0. The number of halogens is 2. The number of nitrogens with zero attached hydrogens (tertiary/aromatic N) is 1. The highest BCUT2D eigenvalue weighted by molar-refractivity contribution is 5.85. The molecule has 0 heterocycles. The van der Waals surface area contributed by atoms with Gasteiger partial charge in [0.1, 0.15) is 5.82 Å². The van der Waals surface area contributed by atoms with Crippen LogP contribution in [-0.2, 0) is 12.8 Å². The first kappa shape index (κ1) is 18.2. The highest BCUT2D eigenvalue weighted by Gasteiger charge is 2.35. The van der Waals surface area contributed by atoms with E-state index in [0.29, 0.717) is 11.8 Å². The summed E-state index contributed by atoms with van der Waals surface area (Å²) in [6.45, 7) is 5.45. The first-order valence-electron chi connectivity index (χ1n) is 8.79. The third-order valence-corrected chi connectivity index (χ3v) is 5.68. The Morgan fingerprint density at radius 2 is 1.92 bits per heavy atom. The summed E-state index contributed by atoms with van der Waals surface area (Å²) < 4.78 is 13.9. The lowest BCUT2D eigenvalue weighted by Crippen LogP contribution is -2.31. The Hall–Kier alpha value is -1.64. The number of aryl methyl sites for hydroxylation is 1. The second-order valence-electron chi connectivity index (χ2n) is 7.53. The summed E-state index contributed by atoms with van der Waals surface area (Å²) in [6.07, 6.45) is 3.25. The molecule has 2 aliphatic carbocycles. The zero-order valence-corrected chi connectivity index (χ0v) is 15.7. The highest BCUT2D eigenvalue weighted by Crippen LogP contribution is 2.46. The molecule has 0 aromatic heterocycles. The van der Waals surface area contributed by atoms with Crippen molar-refractivity contribution in [3.8, 4) is 0 Å². The van der Waals surface area contributed by atoms with Crippen molar-refractivity contribution in [3.05, 3.63) is 76.6 Å². The third kappa shape index (κ3) is 3.14. The van der Waals surface area contributed by atoms with E-state index in [0.717, 1.165) is 36.1 Å². The van der Waals surface area contributed by atoms with Gasteiger partial charge in [-0.2, -0.15) is 0 Å². The fourth-order valence-corrected chi connectivity index (χ4v) is 4.67. The monoisotopic (exact) mass is 357 g/mol. The van der Waals surface area contributed by atoms with Gasteiger partial charge in [0.15, 0.2) is 0 Å². The number of fused-ring (bicyclic) bond motifs is 1. The van der Waals surface area contributed by atoms with E-state index in [2.05, 4.69) is 43.8 Å². The van der Waals surface area contributed by atoms with Gasteiger partial charge in [-0.25, -0.2) is 4.39 Å². The van der Waals surface area contributed by atoms with Gasteiger partial charge in [-0.1, -0.05) is 30.8 Å². The predicted octanol–water partition coefficient (Wildman–Crippen LogP) is 5.07. The van der Waals surface area contributed by atoms with Crippen LogP contribution in [0.2, 0.25) is 0 Å². The lowest BCUT2D eigenvalue weighted by atomic mass is 9.71. The summed E-state index contributed by atoms with van der Waals surface area (Å²) in [4.78, 5) is 2.28. The van der Waals surface area contributed by atoms with Crippen LogP contribution in [0.15, 0.2) is 43.0 Å². The molecule has 2 aliphatic rings. The van der Waals surface area contributed by atoms with Crippen molar-refractivity contribution < 1.29 is 4.39 Å². The number of rotatable bonds is 2. The van der Waals surface area contributed by atoms with Gasteiger partial charge in [-0.05, 0) is 90.7 Å². The Morgan fingerprint density at radius 3 is 2.68 bits per heavy atom. The lowest BCUT2D eigenvalue weighted by Gasteiger charge is -2.36. The average molecular weight is 358 g/mol. The SMILES string of the molecule is C=C1c2ccc(F)cc2CC2c3c(cccc31)CCC2CN(C)C.Cl. The van der Waals surface area contributed by atoms with Crippen LogP contribution in [-0.4, -0.2) is 25.5 Å². The predicted molar refractivity (Wildman–Crippen MR) is 105 cm³/mol. The van der Waals surface area contributed by atoms with Crippen LogP contribution >= 0.6 is 12.4 Å². The van der Waals surface area contributed by atoms with Crippen LogP contribution in [0.1, 0.15) is 40.2 Å². The Morgan fingerprint density at radius 1 is 1.12 bits per heavy atom. The van der Waals surface area contributed by atoms with E-state index in [4.69, 9.17) is 0 Å². The second kappa shape index (κ2) is 6.93. The second-order valence-corrected chi connectivity index (χ2v) is 7.53. The van der Waals surface area contributed by atoms with Gasteiger partial charge < -0.3 is 4.90 Å². The molecule has 0 spiro atoms. The smallest absolute Gasteiger partial charge is 0.123 e. The van der Waals surface area contributed by atoms with Crippen LogP contribution in [0.5, 0.6) is 0 Å². The zero-order chi connectivity index (χ0) is 16.8. The average Bonchev–Trinajstić information content (AvgIpc) is 2.67. The Bertz CT molecular complexity index is 812. The molecule has 0 aliphatic heterocycles. The maximum absolute atomic E-state index is 13.9. The molecule has 2 aromatic carbocycles. The maximum Gasteiger partial charge on any atom is 0.123 e. The molecule has 2 atom stereocenters. The molecular weight excluding hydrogens is 333 g/mol. The minimum absolute atomic E-state index is 0. The lowest BCUT2D eigenvalue weighted by molar-refractivity contribution is 0.264. The van der Waals surface area contributed by atoms with Gasteiger partial charge in [-0.3, -0.25) is 0 Å². The van der Waals surface area contributed by atoms with Gasteiger partial charge in [-0.15, -0.1) is 12.4 Å². The number of hydrogen-bond acceptors (Lipinski definition) is 1. The Labute approximate surface area is 156 Å². The van der Waals surface area contributed by atoms with Crippen molar-refractivity contribution in [2.45, 2.75) is 25.2 Å². The van der Waals surface area contributed by atoms with Gasteiger partial charge in [0.05, 0.1) is 0 Å². The third-order valence-electron chi connectivity index (χ3n) is 5.68. The van der Waals surface area contributed by atoms with Crippen LogP contribution < -0.4 is 0 Å². The van der Waals surface area contributed by atoms with Crippen LogP contribution in [0.3, 0.4) is 0 Å². The molecular formula is C22H25ClFN. The van der Waals surface area contributed by atoms with Crippen molar-refractivity contribution >= 4 is 18.0 Å². The molecule has 0 radical (unpaired) electrons. The first-order valence-corrected chi connectivity index (χ1v) is 8.79. The minimum atomic E-state index is -0.146. The molecule has 2 aromatic rings. The molecule has 0 bridgehead atoms. The highest BCUT2D eigenvalue weighted by atomic mass is 35.5. The van der Waals surface area contributed by atoms with Crippen molar-refractivity contribution in [2.75, 3.05) is 20.6 Å². The van der Waals surface area contributed by atoms with E-state index in [1.807, 2.05) is 6.07 Å². The molecule has 132 valence electrons. The molecule has 1 nitrogen and oxygen atoms in total. The molecule has 0 saturated carbocycles. The summed E-state index contributed by atoms with van der Waals surface area (Å²) in [5.74, 6) is 0.913. The molecule has 0 amide bonds. The zero-order valence-electron chi connectivity index (χ0n) is 14.9. The summed E-state index contributed by atoms with van der Waals surface area (Å²) in [6, 6.07) is 11.8. The molecule has 2 unspecified atom stereocenters. The Kier molecular flexibility index (Phi) is 5.04. The molecule has 3 heteroatoms. The van der Waals surface area contributed by atoms with Crippen molar-refractivity contribution in [2.24, 2.45) is 5.92 Å². The largest absolute Gasteiger partial charge is 0.309 e. The van der Waals surface area contributed by atoms with Crippen LogP contribution in [0.25, 0.3) is 5.57 Å². The summed E-state index contributed by atoms with van der Waals surface area (Å²) >= 11 is 0. The van der Waals surface area contributed by atoms with E-state index >= 15 is 0 Å². The quantitative estimate of drug-likeness (QED) is 0.725. The van der Waals surface area contributed by atoms with Crippen molar-refractivity contribution in [1.29, 1.82) is 0 Å². The van der Waals surface area contributed by atoms with Gasteiger partial charge in [0.2, 0.25) is 0 Å². The van der Waals surface area contributed by atoms with Gasteiger partial charge >= 0.3 is 0 Å². The van der Waals surface area contributed by atoms with E-state index in [1.54, 1.807) is 12.1 Å². The van der Waals surface area contributed by atoms with Crippen molar-refractivity contribution in [3.63, 3.8) is 0 Å². The minimum Gasteiger partial charge on any atom is -0.309 e. The number of benzene rings is 2. The molecule has 0 saturated heterocycles. The van der Waals surface area contributed by atoms with E-state index in [1.165, 1.54) is 23.1 Å². The van der Waals surface area contributed by atoms with Crippen molar-refractivity contribution in [1.82, 2.24) is 4.90 Å². The molecule has 25 heavy (non-hydrogen) atoms. The van der Waals surface area contributed by atoms with E-state index in [9.17, 15) is 4.39 Å². The van der Waals surface area contributed by atoms with Crippen LogP contribution in [0.4, 0.5) is 4.39 Å². The topological polar surface area (TPSA) is 3.24 Å². The molecule has 4 rings (SSSR count). The summed E-state index contributed by atoms with van der Waals surface area (Å²) in [5, 5.41) is 0. The normalized spacial score (nSPS) is 21.2.